The van der Waals surface area contributed by atoms with Crippen LogP contribution in [0.25, 0.3) is 0 Å². The molecule has 2 heterocycles. The van der Waals surface area contributed by atoms with E-state index in [0.717, 1.165) is 17.7 Å². The Balaban J connectivity index is 1.83. The quantitative estimate of drug-likeness (QED) is 0.629. The van der Waals surface area contributed by atoms with Gasteiger partial charge in [0.05, 0.1) is 12.8 Å². The highest BCUT2D eigenvalue weighted by atomic mass is 16.5. The lowest BCUT2D eigenvalue weighted by Crippen LogP contribution is -2.46. The molecule has 3 aromatic rings. The molecule has 166 valence electrons. The van der Waals surface area contributed by atoms with E-state index < -0.39 is 6.04 Å². The molecule has 0 aliphatic carbocycles. The Morgan fingerprint density at radius 3 is 2.56 bits per heavy atom. The van der Waals surface area contributed by atoms with Gasteiger partial charge in [0.2, 0.25) is 5.91 Å². The summed E-state index contributed by atoms with van der Waals surface area (Å²) >= 11 is 0. The number of nitrogens with one attached hydrogen (secondary N) is 1. The second kappa shape index (κ2) is 9.30. The minimum absolute atomic E-state index is 0.186. The van der Waals surface area contributed by atoms with Crippen LogP contribution in [0.2, 0.25) is 0 Å². The topological polar surface area (TPSA) is 63.6 Å². The minimum Gasteiger partial charge on any atom is -0.497 e. The van der Waals surface area contributed by atoms with Gasteiger partial charge in [0, 0.05) is 30.5 Å². The van der Waals surface area contributed by atoms with E-state index in [4.69, 9.17) is 4.74 Å². The molecule has 2 aromatic carbocycles. The van der Waals surface area contributed by atoms with Gasteiger partial charge in [-0.1, -0.05) is 32.0 Å². The number of hydrogen-bond donors (Lipinski definition) is 1. The second-order valence-electron chi connectivity index (χ2n) is 8.47. The minimum atomic E-state index is -0.786. The summed E-state index contributed by atoms with van der Waals surface area (Å²) in [5.74, 6) is 0.786. The average Bonchev–Trinajstić information content (AvgIpc) is 3.23. The van der Waals surface area contributed by atoms with Gasteiger partial charge in [-0.05, 0) is 60.4 Å². The van der Waals surface area contributed by atoms with E-state index in [1.54, 1.807) is 24.1 Å². The molecule has 6 nitrogen and oxygen atoms in total. The van der Waals surface area contributed by atoms with Crippen molar-refractivity contribution in [1.29, 1.82) is 0 Å². The first-order valence-electron chi connectivity index (χ1n) is 11.0. The largest absolute Gasteiger partial charge is 0.497 e. The summed E-state index contributed by atoms with van der Waals surface area (Å²) in [6.07, 6.45) is 2.83. The summed E-state index contributed by atoms with van der Waals surface area (Å²) in [4.78, 5) is 29.0. The smallest absolute Gasteiger partial charge is 0.259 e. The van der Waals surface area contributed by atoms with Gasteiger partial charge in [0.1, 0.15) is 5.75 Å². The maximum Gasteiger partial charge on any atom is 0.259 e. The molecule has 1 aliphatic heterocycles. The molecule has 0 fully saturated rings. The van der Waals surface area contributed by atoms with E-state index >= 15 is 0 Å². The van der Waals surface area contributed by atoms with Gasteiger partial charge in [0.25, 0.3) is 5.91 Å². The van der Waals surface area contributed by atoms with Crippen molar-refractivity contribution in [3.05, 3.63) is 83.7 Å². The number of methoxy groups -OCH3 is 1. The third-order valence-corrected chi connectivity index (χ3v) is 5.83. The Morgan fingerprint density at radius 2 is 1.84 bits per heavy atom. The van der Waals surface area contributed by atoms with Gasteiger partial charge in [-0.2, -0.15) is 0 Å². The van der Waals surface area contributed by atoms with Crippen LogP contribution in [0.5, 0.6) is 5.75 Å². The number of ether oxygens (including phenoxy) is 1. The van der Waals surface area contributed by atoms with Crippen LogP contribution in [-0.2, 0) is 11.3 Å². The van der Waals surface area contributed by atoms with Crippen molar-refractivity contribution < 1.29 is 14.3 Å². The number of benzene rings is 2. The number of nitrogens with zero attached hydrogens (tertiary/aromatic N) is 2. The number of fused-ring (bicyclic) bond motifs is 2. The van der Waals surface area contributed by atoms with Crippen LogP contribution in [0.3, 0.4) is 0 Å². The van der Waals surface area contributed by atoms with Gasteiger partial charge in [-0.15, -0.1) is 0 Å². The maximum atomic E-state index is 13.9. The van der Waals surface area contributed by atoms with E-state index in [1.807, 2.05) is 54.7 Å². The summed E-state index contributed by atoms with van der Waals surface area (Å²) in [7, 11) is 1.60. The van der Waals surface area contributed by atoms with Crippen molar-refractivity contribution in [3.63, 3.8) is 0 Å². The third-order valence-electron chi connectivity index (χ3n) is 5.83. The van der Waals surface area contributed by atoms with E-state index in [1.165, 1.54) is 0 Å². The first kappa shape index (κ1) is 21.7. The van der Waals surface area contributed by atoms with Crippen LogP contribution >= 0.6 is 0 Å². The van der Waals surface area contributed by atoms with Crippen molar-refractivity contribution in [2.75, 3.05) is 18.6 Å². The third kappa shape index (κ3) is 4.26. The Hall–Kier alpha value is -3.54. The molecule has 32 heavy (non-hydrogen) atoms. The summed E-state index contributed by atoms with van der Waals surface area (Å²) in [5, 5.41) is 3.06. The number of rotatable bonds is 6. The van der Waals surface area contributed by atoms with Crippen LogP contribution in [0.1, 0.15) is 47.9 Å². The highest BCUT2D eigenvalue weighted by molar-refractivity contribution is 6.11. The van der Waals surface area contributed by atoms with E-state index in [9.17, 15) is 9.59 Å². The predicted octanol–water partition coefficient (Wildman–Crippen LogP) is 4.41. The highest BCUT2D eigenvalue weighted by Gasteiger charge is 2.37. The lowest BCUT2D eigenvalue weighted by Gasteiger charge is -2.34. The van der Waals surface area contributed by atoms with Crippen molar-refractivity contribution in [2.24, 2.45) is 5.92 Å². The zero-order chi connectivity index (χ0) is 22.7. The second-order valence-corrected chi connectivity index (χ2v) is 8.47. The van der Waals surface area contributed by atoms with E-state index in [-0.39, 0.29) is 11.8 Å². The number of hydrogen-bond acceptors (Lipinski definition) is 3. The Kier molecular flexibility index (Phi) is 6.30. The molecule has 1 N–H and O–H groups in total. The zero-order valence-corrected chi connectivity index (χ0v) is 18.7. The number of aromatic nitrogens is 1. The molecule has 0 radical (unpaired) electrons. The van der Waals surface area contributed by atoms with Crippen molar-refractivity contribution in [3.8, 4) is 5.75 Å². The first-order valence-corrected chi connectivity index (χ1v) is 11.0. The summed E-state index contributed by atoms with van der Waals surface area (Å²) in [6.45, 7) is 5.35. The zero-order valence-electron chi connectivity index (χ0n) is 18.7. The molecular formula is C26H29N3O3. The average molecular weight is 432 g/mol. The summed E-state index contributed by atoms with van der Waals surface area (Å²) < 4.78 is 7.34. The molecule has 1 aliphatic rings. The fraction of sp³-hybridized carbons (Fsp3) is 0.308. The SMILES string of the molecule is COc1ccc(N2C(=O)c3ccccc3Cn3cccc3C2C(=O)NCCC(C)C)cc1. The molecule has 0 saturated carbocycles. The van der Waals surface area contributed by atoms with Gasteiger partial charge in [-0.25, -0.2) is 0 Å². The van der Waals surface area contributed by atoms with Crippen LogP contribution in [0.4, 0.5) is 5.69 Å². The molecule has 4 rings (SSSR count). The Labute approximate surface area is 188 Å². The van der Waals surface area contributed by atoms with Crippen molar-refractivity contribution >= 4 is 17.5 Å². The Morgan fingerprint density at radius 1 is 1.09 bits per heavy atom. The fourth-order valence-corrected chi connectivity index (χ4v) is 4.09. The number of amides is 2. The van der Waals surface area contributed by atoms with Gasteiger partial charge in [0.15, 0.2) is 6.04 Å². The van der Waals surface area contributed by atoms with Crippen molar-refractivity contribution in [1.82, 2.24) is 9.88 Å². The molecule has 2 amide bonds. The van der Waals surface area contributed by atoms with Crippen LogP contribution in [0, 0.1) is 5.92 Å². The first-order chi connectivity index (χ1) is 15.5. The van der Waals surface area contributed by atoms with Crippen molar-refractivity contribution in [2.45, 2.75) is 32.9 Å². The molecule has 1 atom stereocenters. The number of anilines is 1. The van der Waals surface area contributed by atoms with Crippen LogP contribution in [0.15, 0.2) is 66.9 Å². The van der Waals surface area contributed by atoms with Crippen LogP contribution in [-0.4, -0.2) is 30.0 Å². The maximum absolute atomic E-state index is 13.9. The summed E-state index contributed by atoms with van der Waals surface area (Å²) in [5.41, 5.74) is 2.95. The van der Waals surface area contributed by atoms with Gasteiger partial charge < -0.3 is 14.6 Å². The molecule has 6 heteroatoms. The lowest BCUT2D eigenvalue weighted by molar-refractivity contribution is -0.122. The molecule has 0 saturated heterocycles. The number of carbonyl (C=O) groups is 2. The molecule has 1 aromatic heterocycles. The van der Waals surface area contributed by atoms with E-state index in [0.29, 0.717) is 36.0 Å². The van der Waals surface area contributed by atoms with Gasteiger partial charge >= 0.3 is 0 Å². The molecule has 1 unspecified atom stereocenters. The summed E-state index contributed by atoms with van der Waals surface area (Å²) in [6, 6.07) is 17.9. The molecule has 0 bridgehead atoms. The molecule has 0 spiro atoms. The Bertz CT molecular complexity index is 1100. The van der Waals surface area contributed by atoms with Gasteiger partial charge in [-0.3, -0.25) is 14.5 Å². The molecular weight excluding hydrogens is 402 g/mol. The van der Waals surface area contributed by atoms with Crippen LogP contribution < -0.4 is 15.0 Å². The normalized spacial score (nSPS) is 15.6. The number of carbonyl (C=O) groups excluding carboxylic acids is 2. The highest BCUT2D eigenvalue weighted by Crippen LogP contribution is 2.34. The monoisotopic (exact) mass is 431 g/mol. The van der Waals surface area contributed by atoms with E-state index in [2.05, 4.69) is 23.7 Å². The standard InChI is InChI=1S/C26H29N3O3/c1-18(2)14-15-27-25(30)24-23-9-6-16-28(23)17-19-7-4-5-8-22(19)26(31)29(24)20-10-12-21(32-3)13-11-20/h4-13,16,18,24H,14-15,17H2,1-3H3,(H,27,30). The predicted molar refractivity (Wildman–Crippen MR) is 125 cm³/mol. The lowest BCUT2D eigenvalue weighted by atomic mass is 10.00. The fourth-order valence-electron chi connectivity index (χ4n) is 4.09.